The van der Waals surface area contributed by atoms with Crippen molar-refractivity contribution in [2.75, 3.05) is 21.3 Å². The minimum atomic E-state index is -1.42. The van der Waals surface area contributed by atoms with Crippen molar-refractivity contribution in [3.8, 4) is 11.5 Å². The van der Waals surface area contributed by atoms with Crippen LogP contribution in [0.15, 0.2) is 6.07 Å². The first-order valence-electron chi connectivity index (χ1n) is 6.09. The van der Waals surface area contributed by atoms with Crippen molar-refractivity contribution >= 4 is 17.6 Å². The quantitative estimate of drug-likeness (QED) is 0.847. The molecule has 1 unspecified atom stereocenters. The topological polar surface area (TPSA) is 65.0 Å². The highest BCUT2D eigenvalue weighted by atomic mass is 35.5. The smallest absolute Gasteiger partial charge is 0.339 e. The molecule has 1 aromatic carbocycles. The number of carbonyl (C=O) groups is 1. The van der Waals surface area contributed by atoms with E-state index in [1.165, 1.54) is 21.3 Å². The zero-order chi connectivity index (χ0) is 15.4. The van der Waals surface area contributed by atoms with Crippen molar-refractivity contribution in [1.29, 1.82) is 0 Å². The molecule has 0 spiro atoms. The summed E-state index contributed by atoms with van der Waals surface area (Å²) in [4.78, 5) is 11.6. The van der Waals surface area contributed by atoms with Crippen LogP contribution < -0.4 is 9.47 Å². The Hall–Kier alpha value is -1.46. The minimum Gasteiger partial charge on any atom is -0.493 e. The van der Waals surface area contributed by atoms with Gasteiger partial charge in [0.2, 0.25) is 0 Å². The number of aliphatic hydroxyl groups excluding tert-OH is 1. The van der Waals surface area contributed by atoms with Crippen molar-refractivity contribution in [3.63, 3.8) is 0 Å². The summed E-state index contributed by atoms with van der Waals surface area (Å²) < 4.78 is 15.0. The number of benzene rings is 1. The molecule has 112 valence electrons. The minimum absolute atomic E-state index is 0.0170. The van der Waals surface area contributed by atoms with Crippen LogP contribution in [0.1, 0.15) is 37.0 Å². The molecule has 0 saturated heterocycles. The van der Waals surface area contributed by atoms with E-state index in [2.05, 4.69) is 4.74 Å². The Morgan fingerprint density at radius 3 is 2.25 bits per heavy atom. The third-order valence-electron chi connectivity index (χ3n) is 2.98. The molecule has 1 atom stereocenters. The summed E-state index contributed by atoms with van der Waals surface area (Å²) in [6.07, 6.45) is -1.42. The molecule has 0 aliphatic heterocycles. The number of rotatable bonds is 5. The summed E-state index contributed by atoms with van der Waals surface area (Å²) in [6.45, 7) is 3.81. The zero-order valence-electron chi connectivity index (χ0n) is 12.2. The van der Waals surface area contributed by atoms with Gasteiger partial charge in [0.25, 0.3) is 0 Å². The van der Waals surface area contributed by atoms with Crippen molar-refractivity contribution in [2.45, 2.75) is 25.9 Å². The first kappa shape index (κ1) is 16.6. The Balaban J connectivity index is 3.57. The zero-order valence-corrected chi connectivity index (χ0v) is 12.9. The number of aliphatic hydroxyl groups is 1. The van der Waals surface area contributed by atoms with E-state index in [0.717, 1.165) is 0 Å². The van der Waals surface area contributed by atoms with E-state index < -0.39 is 12.1 Å². The SMILES string of the molecule is COC(=O)C(O)c1cc(OC)c(OC)c(Cl)c1C(C)C. The Morgan fingerprint density at radius 2 is 1.85 bits per heavy atom. The fraction of sp³-hybridized carbons (Fsp3) is 0.500. The summed E-state index contributed by atoms with van der Waals surface area (Å²) in [5, 5.41) is 10.4. The van der Waals surface area contributed by atoms with Gasteiger partial charge in [-0.3, -0.25) is 0 Å². The normalized spacial score (nSPS) is 12.2. The van der Waals surface area contributed by atoms with Crippen LogP contribution >= 0.6 is 11.6 Å². The number of carbonyl (C=O) groups excluding carboxylic acids is 1. The second-order valence-electron chi connectivity index (χ2n) is 4.51. The van der Waals surface area contributed by atoms with Crippen LogP contribution in [0.3, 0.4) is 0 Å². The summed E-state index contributed by atoms with van der Waals surface area (Å²) in [5.41, 5.74) is 0.983. The maximum absolute atomic E-state index is 11.6. The van der Waals surface area contributed by atoms with Gasteiger partial charge in [-0.2, -0.15) is 0 Å². The van der Waals surface area contributed by atoms with Gasteiger partial charge in [0.15, 0.2) is 17.6 Å². The molecule has 0 saturated carbocycles. The second kappa shape index (κ2) is 6.81. The molecule has 0 aliphatic carbocycles. The first-order valence-corrected chi connectivity index (χ1v) is 6.46. The van der Waals surface area contributed by atoms with Crippen LogP contribution in [0.4, 0.5) is 0 Å². The number of methoxy groups -OCH3 is 3. The van der Waals surface area contributed by atoms with E-state index in [4.69, 9.17) is 21.1 Å². The number of hydrogen-bond acceptors (Lipinski definition) is 5. The Morgan fingerprint density at radius 1 is 1.25 bits per heavy atom. The highest BCUT2D eigenvalue weighted by Gasteiger charge is 2.28. The highest BCUT2D eigenvalue weighted by Crippen LogP contribution is 2.44. The largest absolute Gasteiger partial charge is 0.493 e. The summed E-state index contributed by atoms with van der Waals surface area (Å²) in [7, 11) is 4.14. The average molecular weight is 303 g/mol. The van der Waals surface area contributed by atoms with Gasteiger partial charge < -0.3 is 19.3 Å². The van der Waals surface area contributed by atoms with Crippen LogP contribution in [0.5, 0.6) is 11.5 Å². The number of halogens is 1. The Bertz CT molecular complexity index is 499. The molecule has 0 aliphatic rings. The molecular formula is C14H19ClO5. The van der Waals surface area contributed by atoms with Crippen molar-refractivity contribution in [3.05, 3.63) is 22.2 Å². The molecule has 1 N–H and O–H groups in total. The van der Waals surface area contributed by atoms with Crippen LogP contribution in [-0.4, -0.2) is 32.4 Å². The Labute approximate surface area is 123 Å². The third-order valence-corrected chi connectivity index (χ3v) is 3.35. The summed E-state index contributed by atoms with van der Waals surface area (Å²) in [5.74, 6) is -0.0506. The molecule has 1 aromatic rings. The first-order chi connectivity index (χ1) is 9.38. The second-order valence-corrected chi connectivity index (χ2v) is 4.89. The molecule has 1 rings (SSSR count). The van der Waals surface area contributed by atoms with E-state index in [1.54, 1.807) is 6.07 Å². The molecule has 0 amide bonds. The maximum Gasteiger partial charge on any atom is 0.339 e. The van der Waals surface area contributed by atoms with E-state index in [0.29, 0.717) is 27.6 Å². The van der Waals surface area contributed by atoms with Crippen molar-refractivity contribution in [1.82, 2.24) is 0 Å². The summed E-state index contributed by atoms with van der Waals surface area (Å²) in [6, 6.07) is 1.54. The van der Waals surface area contributed by atoms with E-state index in [9.17, 15) is 9.90 Å². The van der Waals surface area contributed by atoms with Crippen LogP contribution in [0.25, 0.3) is 0 Å². The third kappa shape index (κ3) is 2.99. The van der Waals surface area contributed by atoms with Gasteiger partial charge >= 0.3 is 5.97 Å². The lowest BCUT2D eigenvalue weighted by Gasteiger charge is -2.21. The van der Waals surface area contributed by atoms with E-state index >= 15 is 0 Å². The fourth-order valence-corrected chi connectivity index (χ4v) is 2.53. The molecule has 5 nitrogen and oxygen atoms in total. The van der Waals surface area contributed by atoms with Gasteiger partial charge in [0.1, 0.15) is 0 Å². The number of ether oxygens (including phenoxy) is 3. The lowest BCUT2D eigenvalue weighted by molar-refractivity contribution is -0.150. The monoisotopic (exact) mass is 302 g/mol. The standard InChI is InChI=1S/C14H19ClO5/c1-7(2)10-8(12(16)14(17)20-5)6-9(18-3)13(19-4)11(10)15/h6-7,12,16H,1-5H3. The summed E-state index contributed by atoms with van der Waals surface area (Å²) >= 11 is 6.32. The molecule has 0 heterocycles. The van der Waals surface area contributed by atoms with Crippen molar-refractivity contribution in [2.24, 2.45) is 0 Å². The van der Waals surface area contributed by atoms with Gasteiger partial charge in [0, 0.05) is 5.56 Å². The van der Waals surface area contributed by atoms with Crippen LogP contribution in [0, 0.1) is 0 Å². The maximum atomic E-state index is 11.6. The predicted octanol–water partition coefficient (Wildman–Crippen LogP) is 2.69. The van der Waals surface area contributed by atoms with E-state index in [1.807, 2.05) is 13.8 Å². The number of esters is 1. The lowest BCUT2D eigenvalue weighted by Crippen LogP contribution is -2.16. The molecule has 0 bridgehead atoms. The van der Waals surface area contributed by atoms with Gasteiger partial charge in [-0.1, -0.05) is 25.4 Å². The van der Waals surface area contributed by atoms with E-state index in [-0.39, 0.29) is 5.92 Å². The van der Waals surface area contributed by atoms with Gasteiger partial charge in [-0.05, 0) is 17.5 Å². The molecule has 20 heavy (non-hydrogen) atoms. The molecule has 0 fully saturated rings. The molecule has 0 aromatic heterocycles. The van der Waals surface area contributed by atoms with Gasteiger partial charge in [-0.15, -0.1) is 0 Å². The van der Waals surface area contributed by atoms with Crippen LogP contribution in [0.2, 0.25) is 5.02 Å². The highest BCUT2D eigenvalue weighted by molar-refractivity contribution is 6.33. The average Bonchev–Trinajstić information content (AvgIpc) is 2.43. The lowest BCUT2D eigenvalue weighted by atomic mass is 9.93. The Kier molecular flexibility index (Phi) is 5.65. The molecule has 6 heteroatoms. The van der Waals surface area contributed by atoms with Gasteiger partial charge in [0.05, 0.1) is 26.4 Å². The predicted molar refractivity (Wildman–Crippen MR) is 75.6 cm³/mol. The van der Waals surface area contributed by atoms with Crippen LogP contribution in [-0.2, 0) is 9.53 Å². The molecule has 0 radical (unpaired) electrons. The van der Waals surface area contributed by atoms with Gasteiger partial charge in [-0.25, -0.2) is 4.79 Å². The number of hydrogen-bond donors (Lipinski definition) is 1. The fourth-order valence-electron chi connectivity index (χ4n) is 2.04. The van der Waals surface area contributed by atoms with Crippen molar-refractivity contribution < 1.29 is 24.1 Å². The molecular weight excluding hydrogens is 284 g/mol.